The second kappa shape index (κ2) is 7.31. The molecule has 0 heterocycles. The zero-order valence-electron chi connectivity index (χ0n) is 11.0. The summed E-state index contributed by atoms with van der Waals surface area (Å²) in [7, 11) is 1.76. The fraction of sp³-hybridized carbons (Fsp3) is 0.133. The lowest BCUT2D eigenvalue weighted by Gasteiger charge is -2.18. The molecule has 6 heteroatoms. The minimum atomic E-state index is -0.0446. The van der Waals surface area contributed by atoms with Crippen molar-refractivity contribution in [2.24, 2.45) is 0 Å². The van der Waals surface area contributed by atoms with Crippen LogP contribution in [-0.2, 0) is 6.54 Å². The molecule has 2 nitrogen and oxygen atoms in total. The second-order valence-electron chi connectivity index (χ2n) is 4.56. The third-order valence-electron chi connectivity index (χ3n) is 2.85. The van der Waals surface area contributed by atoms with E-state index in [1.165, 1.54) is 0 Å². The van der Waals surface area contributed by atoms with E-state index in [0.29, 0.717) is 22.2 Å². The van der Waals surface area contributed by atoms with Crippen LogP contribution >= 0.6 is 61.7 Å². The average Bonchev–Trinajstić information content (AvgIpc) is 2.39. The number of benzene rings is 2. The van der Waals surface area contributed by atoms with Crippen molar-refractivity contribution in [2.75, 3.05) is 7.05 Å². The Morgan fingerprint density at radius 3 is 2.43 bits per heavy atom. The van der Waals surface area contributed by atoms with Crippen LogP contribution in [0.5, 0.6) is 0 Å². The quantitative estimate of drug-likeness (QED) is 0.502. The minimum Gasteiger partial charge on any atom is -0.337 e. The summed E-state index contributed by atoms with van der Waals surface area (Å²) in [5.41, 5.74) is 1.56. The highest BCUT2D eigenvalue weighted by atomic mass is 127. The zero-order valence-corrected chi connectivity index (χ0v) is 16.3. The van der Waals surface area contributed by atoms with Gasteiger partial charge in [-0.05, 0) is 64.6 Å². The molecule has 0 unspecified atom stereocenters. The van der Waals surface area contributed by atoms with Crippen molar-refractivity contribution in [1.29, 1.82) is 0 Å². The number of amides is 1. The minimum absolute atomic E-state index is 0.0446. The molecule has 0 saturated heterocycles. The first-order chi connectivity index (χ1) is 9.86. The van der Waals surface area contributed by atoms with Crippen LogP contribution in [0.2, 0.25) is 10.0 Å². The highest BCUT2D eigenvalue weighted by molar-refractivity contribution is 14.1. The van der Waals surface area contributed by atoms with Crippen molar-refractivity contribution in [3.63, 3.8) is 0 Å². The molecular weight excluding hydrogens is 488 g/mol. The third kappa shape index (κ3) is 4.58. The van der Waals surface area contributed by atoms with E-state index >= 15 is 0 Å². The molecule has 0 fully saturated rings. The Kier molecular flexibility index (Phi) is 5.94. The van der Waals surface area contributed by atoms with Crippen molar-refractivity contribution in [1.82, 2.24) is 4.90 Å². The summed E-state index contributed by atoms with van der Waals surface area (Å²) in [5, 5.41) is 1.13. The van der Waals surface area contributed by atoms with Crippen LogP contribution in [0.3, 0.4) is 0 Å². The highest BCUT2D eigenvalue weighted by Gasteiger charge is 2.16. The van der Waals surface area contributed by atoms with E-state index in [4.69, 9.17) is 23.2 Å². The zero-order chi connectivity index (χ0) is 15.6. The fourth-order valence-electron chi connectivity index (χ4n) is 1.91. The van der Waals surface area contributed by atoms with E-state index in [2.05, 4.69) is 38.5 Å². The lowest BCUT2D eigenvalue weighted by molar-refractivity contribution is 0.0784. The van der Waals surface area contributed by atoms with Crippen molar-refractivity contribution in [3.8, 4) is 0 Å². The van der Waals surface area contributed by atoms with Gasteiger partial charge in [0.15, 0.2) is 0 Å². The van der Waals surface area contributed by atoms with Crippen LogP contribution in [0, 0.1) is 3.57 Å². The summed E-state index contributed by atoms with van der Waals surface area (Å²) in [6.45, 7) is 0.446. The molecule has 0 spiro atoms. The number of nitrogens with zero attached hydrogens (tertiary/aromatic N) is 1. The Labute approximate surface area is 155 Å². The summed E-state index contributed by atoms with van der Waals surface area (Å²) in [6.07, 6.45) is 0. The molecule has 2 rings (SSSR count). The summed E-state index contributed by atoms with van der Waals surface area (Å²) < 4.78 is 1.79. The van der Waals surface area contributed by atoms with E-state index in [0.717, 1.165) is 13.6 Å². The number of carbonyl (C=O) groups is 1. The number of carbonyl (C=O) groups excluding carboxylic acids is 1. The predicted molar refractivity (Wildman–Crippen MR) is 99.1 cm³/mol. The van der Waals surface area contributed by atoms with Gasteiger partial charge >= 0.3 is 0 Å². The van der Waals surface area contributed by atoms with Gasteiger partial charge < -0.3 is 4.90 Å². The van der Waals surface area contributed by atoms with Crippen LogP contribution in [-0.4, -0.2) is 17.9 Å². The van der Waals surface area contributed by atoms with Gasteiger partial charge in [0.1, 0.15) is 0 Å². The lowest BCUT2D eigenvalue weighted by Crippen LogP contribution is -2.27. The topological polar surface area (TPSA) is 20.3 Å². The van der Waals surface area contributed by atoms with Crippen LogP contribution in [0.25, 0.3) is 0 Å². The van der Waals surface area contributed by atoms with E-state index in [1.807, 2.05) is 30.3 Å². The fourth-order valence-corrected chi connectivity index (χ4v) is 3.41. The van der Waals surface area contributed by atoms with Gasteiger partial charge in [-0.2, -0.15) is 0 Å². The molecule has 2 aromatic rings. The van der Waals surface area contributed by atoms with Gasteiger partial charge in [-0.15, -0.1) is 0 Å². The average molecular weight is 499 g/mol. The maximum absolute atomic E-state index is 12.5. The standard InChI is InChI=1S/C15H11BrCl2INO/c1-20(8-9-4-11(17)7-12(18)5-9)15(21)13-6-10(16)2-3-14(13)19/h2-7H,8H2,1H3. The van der Waals surface area contributed by atoms with Crippen LogP contribution in [0.1, 0.15) is 15.9 Å². The molecule has 0 saturated carbocycles. The van der Waals surface area contributed by atoms with Gasteiger partial charge in [-0.1, -0.05) is 39.1 Å². The molecule has 21 heavy (non-hydrogen) atoms. The molecule has 0 N–H and O–H groups in total. The van der Waals surface area contributed by atoms with Gasteiger partial charge in [0.05, 0.1) is 5.56 Å². The molecule has 0 bridgehead atoms. The Bertz CT molecular complexity index is 673. The second-order valence-corrected chi connectivity index (χ2v) is 7.51. The summed E-state index contributed by atoms with van der Waals surface area (Å²) in [5.74, 6) is -0.0446. The third-order valence-corrected chi connectivity index (χ3v) is 4.72. The largest absolute Gasteiger partial charge is 0.337 e. The molecule has 0 radical (unpaired) electrons. The molecule has 0 atom stereocenters. The van der Waals surface area contributed by atoms with E-state index in [-0.39, 0.29) is 5.91 Å². The Morgan fingerprint density at radius 2 is 1.81 bits per heavy atom. The molecule has 1 amide bonds. The first kappa shape index (κ1) is 17.1. The predicted octanol–water partition coefficient (Wildman–Crippen LogP) is 5.63. The van der Waals surface area contributed by atoms with Crippen molar-refractivity contribution < 1.29 is 4.79 Å². The Morgan fingerprint density at radius 1 is 1.19 bits per heavy atom. The highest BCUT2D eigenvalue weighted by Crippen LogP contribution is 2.22. The maximum Gasteiger partial charge on any atom is 0.255 e. The summed E-state index contributed by atoms with van der Waals surface area (Å²) in [4.78, 5) is 14.2. The summed E-state index contributed by atoms with van der Waals surface area (Å²) >= 11 is 17.5. The molecular formula is C15H11BrCl2INO. The summed E-state index contributed by atoms with van der Waals surface area (Å²) in [6, 6.07) is 10.9. The van der Waals surface area contributed by atoms with Crippen molar-refractivity contribution in [2.45, 2.75) is 6.54 Å². The Balaban J connectivity index is 2.21. The first-order valence-corrected chi connectivity index (χ1v) is 8.65. The van der Waals surface area contributed by atoms with Crippen molar-refractivity contribution >= 4 is 67.6 Å². The number of halogens is 4. The SMILES string of the molecule is CN(Cc1cc(Cl)cc(Cl)c1)C(=O)c1cc(Br)ccc1I. The lowest BCUT2D eigenvalue weighted by atomic mass is 10.1. The molecule has 0 aliphatic heterocycles. The number of rotatable bonds is 3. The van der Waals surface area contributed by atoms with Gasteiger partial charge in [-0.25, -0.2) is 0 Å². The molecule has 0 aliphatic carbocycles. The van der Waals surface area contributed by atoms with Gasteiger partial charge in [0.25, 0.3) is 5.91 Å². The smallest absolute Gasteiger partial charge is 0.255 e. The van der Waals surface area contributed by atoms with Crippen LogP contribution in [0.15, 0.2) is 40.9 Å². The molecule has 0 aliphatic rings. The molecule has 0 aromatic heterocycles. The van der Waals surface area contributed by atoms with E-state index in [9.17, 15) is 4.79 Å². The number of hydrogen-bond donors (Lipinski definition) is 0. The van der Waals surface area contributed by atoms with E-state index in [1.54, 1.807) is 18.0 Å². The monoisotopic (exact) mass is 497 g/mol. The normalized spacial score (nSPS) is 10.5. The first-order valence-electron chi connectivity index (χ1n) is 6.02. The van der Waals surface area contributed by atoms with Crippen LogP contribution in [0.4, 0.5) is 0 Å². The van der Waals surface area contributed by atoms with Gasteiger partial charge in [-0.3, -0.25) is 4.79 Å². The van der Waals surface area contributed by atoms with Crippen molar-refractivity contribution in [3.05, 3.63) is 65.6 Å². The van der Waals surface area contributed by atoms with E-state index < -0.39 is 0 Å². The molecule has 2 aromatic carbocycles. The van der Waals surface area contributed by atoms with Crippen LogP contribution < -0.4 is 0 Å². The maximum atomic E-state index is 12.5. The molecule has 110 valence electrons. The van der Waals surface area contributed by atoms with Gasteiger partial charge in [0, 0.05) is 31.7 Å². The van der Waals surface area contributed by atoms with Gasteiger partial charge in [0.2, 0.25) is 0 Å². The Hall–Kier alpha value is -0.300. The number of hydrogen-bond acceptors (Lipinski definition) is 1.